The van der Waals surface area contributed by atoms with Crippen LogP contribution in [0.1, 0.15) is 28.1 Å². The van der Waals surface area contributed by atoms with Crippen LogP contribution in [0.3, 0.4) is 0 Å². The lowest BCUT2D eigenvalue weighted by molar-refractivity contribution is -0.117. The Bertz CT molecular complexity index is 1040. The molecule has 0 radical (unpaired) electrons. The Labute approximate surface area is 172 Å². The number of rotatable bonds is 6. The number of carbonyl (C=O) groups excluding carboxylic acids is 2. The Hall–Kier alpha value is -3.19. The molecule has 0 spiro atoms. The van der Waals surface area contributed by atoms with Crippen LogP contribution in [-0.4, -0.2) is 23.9 Å². The highest BCUT2D eigenvalue weighted by molar-refractivity contribution is 7.16. The highest BCUT2D eigenvalue weighted by Gasteiger charge is 2.29. The van der Waals surface area contributed by atoms with Crippen LogP contribution in [0.2, 0.25) is 0 Å². The topological polar surface area (TPSA) is 80.3 Å². The van der Waals surface area contributed by atoms with E-state index in [0.717, 1.165) is 34.7 Å². The van der Waals surface area contributed by atoms with Crippen molar-refractivity contribution in [2.24, 2.45) is 5.92 Å². The minimum absolute atomic E-state index is 0.0477. The molecule has 6 nitrogen and oxygen atoms in total. The molecule has 4 rings (SSSR count). The van der Waals surface area contributed by atoms with Gasteiger partial charge in [0.05, 0.1) is 12.8 Å². The lowest BCUT2D eigenvalue weighted by Crippen LogP contribution is -2.14. The average Bonchev–Trinajstić information content (AvgIpc) is 3.52. The number of carbonyl (C=O) groups is 2. The van der Waals surface area contributed by atoms with Gasteiger partial charge in [0.1, 0.15) is 5.75 Å². The number of nitrogens with zero attached hydrogens (tertiary/aromatic N) is 1. The van der Waals surface area contributed by atoms with E-state index in [2.05, 4.69) is 15.6 Å². The third-order valence-corrected chi connectivity index (χ3v) is 5.63. The highest BCUT2D eigenvalue weighted by Crippen LogP contribution is 2.32. The maximum Gasteiger partial charge on any atom is 0.257 e. The van der Waals surface area contributed by atoms with E-state index in [9.17, 15) is 9.59 Å². The number of aryl methyl sites for hydroxylation is 1. The maximum absolute atomic E-state index is 12.6. The fourth-order valence-electron chi connectivity index (χ4n) is 2.93. The van der Waals surface area contributed by atoms with E-state index in [1.165, 1.54) is 11.3 Å². The van der Waals surface area contributed by atoms with Crippen LogP contribution in [0.25, 0.3) is 11.3 Å². The van der Waals surface area contributed by atoms with Gasteiger partial charge in [-0.1, -0.05) is 0 Å². The number of hydrogen-bond donors (Lipinski definition) is 2. The van der Waals surface area contributed by atoms with Gasteiger partial charge in [-0.15, -0.1) is 11.3 Å². The zero-order valence-corrected chi connectivity index (χ0v) is 17.0. The van der Waals surface area contributed by atoms with E-state index < -0.39 is 0 Å². The predicted octanol–water partition coefficient (Wildman–Crippen LogP) is 4.73. The second-order valence-corrected chi connectivity index (χ2v) is 8.15. The molecule has 148 valence electrons. The molecule has 1 fully saturated rings. The zero-order valence-electron chi connectivity index (χ0n) is 16.2. The minimum Gasteiger partial charge on any atom is -0.497 e. The second kappa shape index (κ2) is 8.05. The van der Waals surface area contributed by atoms with Gasteiger partial charge < -0.3 is 10.1 Å². The number of amides is 2. The van der Waals surface area contributed by atoms with Gasteiger partial charge >= 0.3 is 0 Å². The Morgan fingerprint density at radius 2 is 1.72 bits per heavy atom. The van der Waals surface area contributed by atoms with Crippen LogP contribution < -0.4 is 15.4 Å². The first-order chi connectivity index (χ1) is 14.0. The van der Waals surface area contributed by atoms with Crippen molar-refractivity contribution >= 4 is 34.0 Å². The molecular weight excluding hydrogens is 386 g/mol. The maximum atomic E-state index is 12.6. The van der Waals surface area contributed by atoms with Gasteiger partial charge in [-0.25, -0.2) is 4.98 Å². The van der Waals surface area contributed by atoms with Crippen molar-refractivity contribution < 1.29 is 14.3 Å². The Morgan fingerprint density at radius 1 is 1.03 bits per heavy atom. The smallest absolute Gasteiger partial charge is 0.257 e. The SMILES string of the molecule is COc1ccc(-c2nc(NC(=O)c3ccc(NC(=O)C4CC4)cc3)sc2C)cc1. The normalized spacial score (nSPS) is 13.0. The summed E-state index contributed by atoms with van der Waals surface area (Å²) in [7, 11) is 1.63. The summed E-state index contributed by atoms with van der Waals surface area (Å²) < 4.78 is 5.19. The molecule has 0 aliphatic heterocycles. The largest absolute Gasteiger partial charge is 0.497 e. The van der Waals surface area contributed by atoms with E-state index in [4.69, 9.17) is 4.74 Å². The third-order valence-electron chi connectivity index (χ3n) is 4.74. The van der Waals surface area contributed by atoms with Crippen LogP contribution >= 0.6 is 11.3 Å². The molecule has 2 aromatic carbocycles. The fraction of sp³-hybridized carbons (Fsp3) is 0.227. The van der Waals surface area contributed by atoms with Gasteiger partial charge in [0.15, 0.2) is 5.13 Å². The van der Waals surface area contributed by atoms with Crippen molar-refractivity contribution in [2.75, 3.05) is 17.7 Å². The summed E-state index contributed by atoms with van der Waals surface area (Å²) in [6.45, 7) is 1.98. The van der Waals surface area contributed by atoms with E-state index in [1.807, 2.05) is 31.2 Å². The van der Waals surface area contributed by atoms with E-state index in [-0.39, 0.29) is 17.7 Å². The predicted molar refractivity (Wildman–Crippen MR) is 115 cm³/mol. The highest BCUT2D eigenvalue weighted by atomic mass is 32.1. The molecule has 2 amide bonds. The fourth-order valence-corrected chi connectivity index (χ4v) is 3.76. The number of thiazole rings is 1. The molecule has 1 aliphatic rings. The molecule has 1 aliphatic carbocycles. The van der Waals surface area contributed by atoms with Crippen molar-refractivity contribution in [1.29, 1.82) is 0 Å². The lowest BCUT2D eigenvalue weighted by Gasteiger charge is -2.06. The lowest BCUT2D eigenvalue weighted by atomic mass is 10.1. The first kappa shape index (κ1) is 19.1. The van der Waals surface area contributed by atoms with Crippen molar-refractivity contribution in [2.45, 2.75) is 19.8 Å². The monoisotopic (exact) mass is 407 g/mol. The van der Waals surface area contributed by atoms with Crippen LogP contribution in [0.4, 0.5) is 10.8 Å². The van der Waals surface area contributed by atoms with Crippen molar-refractivity contribution in [3.05, 3.63) is 59.0 Å². The third kappa shape index (κ3) is 4.46. The molecule has 1 heterocycles. The summed E-state index contributed by atoms with van der Waals surface area (Å²) in [4.78, 5) is 30.0. The molecule has 3 aromatic rings. The van der Waals surface area contributed by atoms with Crippen molar-refractivity contribution in [3.8, 4) is 17.0 Å². The Balaban J connectivity index is 1.43. The minimum atomic E-state index is -0.236. The summed E-state index contributed by atoms with van der Waals surface area (Å²) >= 11 is 1.43. The van der Waals surface area contributed by atoms with Gasteiger partial charge in [-0.2, -0.15) is 0 Å². The summed E-state index contributed by atoms with van der Waals surface area (Å²) in [5.41, 5.74) is 3.01. The molecule has 1 aromatic heterocycles. The molecule has 29 heavy (non-hydrogen) atoms. The van der Waals surface area contributed by atoms with Gasteiger partial charge in [0.25, 0.3) is 5.91 Å². The second-order valence-electron chi connectivity index (χ2n) is 6.95. The van der Waals surface area contributed by atoms with Crippen LogP contribution in [0, 0.1) is 12.8 Å². The zero-order chi connectivity index (χ0) is 20.4. The number of aromatic nitrogens is 1. The number of methoxy groups -OCH3 is 1. The van der Waals surface area contributed by atoms with Gasteiger partial charge in [0.2, 0.25) is 5.91 Å². The van der Waals surface area contributed by atoms with E-state index >= 15 is 0 Å². The molecule has 0 unspecified atom stereocenters. The molecule has 7 heteroatoms. The number of benzene rings is 2. The first-order valence-electron chi connectivity index (χ1n) is 9.37. The first-order valence-corrected chi connectivity index (χ1v) is 10.2. The van der Waals surface area contributed by atoms with Crippen molar-refractivity contribution in [3.63, 3.8) is 0 Å². The van der Waals surface area contributed by atoms with Crippen LogP contribution in [0.15, 0.2) is 48.5 Å². The molecule has 2 N–H and O–H groups in total. The molecule has 1 saturated carbocycles. The van der Waals surface area contributed by atoms with E-state index in [0.29, 0.717) is 16.4 Å². The van der Waals surface area contributed by atoms with Crippen molar-refractivity contribution in [1.82, 2.24) is 4.98 Å². The van der Waals surface area contributed by atoms with Gasteiger partial charge in [-0.05, 0) is 68.3 Å². The van der Waals surface area contributed by atoms with Gasteiger partial charge in [-0.3, -0.25) is 14.9 Å². The summed E-state index contributed by atoms with van der Waals surface area (Å²) in [5, 5.41) is 6.27. The number of nitrogens with one attached hydrogen (secondary N) is 2. The van der Waals surface area contributed by atoms with E-state index in [1.54, 1.807) is 31.4 Å². The summed E-state index contributed by atoms with van der Waals surface area (Å²) in [6, 6.07) is 14.5. The number of ether oxygens (including phenoxy) is 1. The number of anilines is 2. The quantitative estimate of drug-likeness (QED) is 0.619. The molecule has 0 bridgehead atoms. The van der Waals surface area contributed by atoms with Crippen LogP contribution in [-0.2, 0) is 4.79 Å². The standard InChI is InChI=1S/C22H21N3O3S/c1-13-19(14-7-11-18(28-2)12-8-14)24-22(29-13)25-21(27)16-5-9-17(10-6-16)23-20(26)15-3-4-15/h5-12,15H,3-4H2,1-2H3,(H,23,26)(H,24,25,27). The average molecular weight is 407 g/mol. The molecule has 0 atom stereocenters. The van der Waals surface area contributed by atoms with Gasteiger partial charge in [0, 0.05) is 27.6 Å². The number of hydrogen-bond acceptors (Lipinski definition) is 5. The molecule has 0 saturated heterocycles. The molecular formula is C22H21N3O3S. The summed E-state index contributed by atoms with van der Waals surface area (Å²) in [6.07, 6.45) is 1.91. The van der Waals surface area contributed by atoms with Crippen LogP contribution in [0.5, 0.6) is 5.75 Å². The summed E-state index contributed by atoms with van der Waals surface area (Å²) in [5.74, 6) is 0.740. The Morgan fingerprint density at radius 3 is 2.34 bits per heavy atom. The Kier molecular flexibility index (Phi) is 5.31.